The van der Waals surface area contributed by atoms with E-state index in [2.05, 4.69) is 41.8 Å². The summed E-state index contributed by atoms with van der Waals surface area (Å²) in [6.45, 7) is 3.42. The van der Waals surface area contributed by atoms with Crippen molar-refractivity contribution >= 4 is 11.8 Å². The lowest BCUT2D eigenvalue weighted by molar-refractivity contribution is -0.126. The Labute approximate surface area is 136 Å². The van der Waals surface area contributed by atoms with Gasteiger partial charge in [-0.05, 0) is 31.7 Å². The fraction of sp³-hybridized carbons (Fsp3) is 0.556. The summed E-state index contributed by atoms with van der Waals surface area (Å²) in [6, 6.07) is 8.03. The molecule has 2 fully saturated rings. The Morgan fingerprint density at radius 3 is 2.78 bits per heavy atom. The molecular formula is C18H24N2O3. The van der Waals surface area contributed by atoms with Crippen LogP contribution in [0.15, 0.2) is 24.3 Å². The maximum absolute atomic E-state index is 12.2. The van der Waals surface area contributed by atoms with Crippen molar-refractivity contribution in [1.82, 2.24) is 10.6 Å². The Balaban J connectivity index is 1.59. The summed E-state index contributed by atoms with van der Waals surface area (Å²) >= 11 is 0. The van der Waals surface area contributed by atoms with Gasteiger partial charge in [0.2, 0.25) is 11.8 Å². The first-order valence-corrected chi connectivity index (χ1v) is 8.39. The van der Waals surface area contributed by atoms with E-state index in [9.17, 15) is 9.59 Å². The van der Waals surface area contributed by atoms with Crippen LogP contribution in [0.25, 0.3) is 0 Å². The minimum absolute atomic E-state index is 0.0304. The average molecular weight is 316 g/mol. The zero-order valence-electron chi connectivity index (χ0n) is 13.5. The monoisotopic (exact) mass is 316 g/mol. The molecule has 2 aliphatic heterocycles. The van der Waals surface area contributed by atoms with Crippen molar-refractivity contribution in [3.8, 4) is 0 Å². The summed E-state index contributed by atoms with van der Waals surface area (Å²) in [7, 11) is 0. The van der Waals surface area contributed by atoms with Crippen LogP contribution in [0.4, 0.5) is 0 Å². The van der Waals surface area contributed by atoms with Crippen molar-refractivity contribution in [2.45, 2.75) is 44.8 Å². The number of nitrogens with one attached hydrogen (secondary N) is 2. The highest BCUT2D eigenvalue weighted by Gasteiger charge is 2.30. The highest BCUT2D eigenvalue weighted by atomic mass is 16.5. The Morgan fingerprint density at radius 1 is 1.30 bits per heavy atom. The largest absolute Gasteiger partial charge is 0.373 e. The number of benzene rings is 1. The van der Waals surface area contributed by atoms with Crippen LogP contribution in [0.5, 0.6) is 0 Å². The van der Waals surface area contributed by atoms with E-state index in [1.807, 2.05) is 0 Å². The van der Waals surface area contributed by atoms with E-state index < -0.39 is 0 Å². The van der Waals surface area contributed by atoms with Gasteiger partial charge >= 0.3 is 0 Å². The zero-order chi connectivity index (χ0) is 16.2. The van der Waals surface area contributed by atoms with Crippen LogP contribution in [-0.4, -0.2) is 31.0 Å². The van der Waals surface area contributed by atoms with Gasteiger partial charge in [0.05, 0.1) is 6.10 Å². The van der Waals surface area contributed by atoms with E-state index >= 15 is 0 Å². The molecule has 5 nitrogen and oxygen atoms in total. The van der Waals surface area contributed by atoms with E-state index in [-0.39, 0.29) is 29.9 Å². The van der Waals surface area contributed by atoms with Gasteiger partial charge in [-0.1, -0.05) is 29.8 Å². The minimum atomic E-state index is -0.371. The Kier molecular flexibility index (Phi) is 4.96. The van der Waals surface area contributed by atoms with Gasteiger partial charge in [-0.25, -0.2) is 0 Å². The summed E-state index contributed by atoms with van der Waals surface area (Å²) in [6.07, 6.45) is 3.12. The molecule has 1 aromatic rings. The predicted molar refractivity (Wildman–Crippen MR) is 86.8 cm³/mol. The van der Waals surface area contributed by atoms with Gasteiger partial charge in [-0.3, -0.25) is 9.59 Å². The molecule has 23 heavy (non-hydrogen) atoms. The SMILES string of the molecule is Cc1ccc(C2OCCCC2CNC(=O)[C@H]2CCC(=O)N2)cc1. The van der Waals surface area contributed by atoms with Gasteiger partial charge in [0, 0.05) is 25.5 Å². The van der Waals surface area contributed by atoms with Gasteiger partial charge in [-0.2, -0.15) is 0 Å². The van der Waals surface area contributed by atoms with Crippen LogP contribution in [-0.2, 0) is 14.3 Å². The summed E-state index contributed by atoms with van der Waals surface area (Å²) < 4.78 is 5.97. The van der Waals surface area contributed by atoms with Crippen molar-refractivity contribution in [2.75, 3.05) is 13.2 Å². The third kappa shape index (κ3) is 3.91. The highest BCUT2D eigenvalue weighted by molar-refractivity contribution is 5.90. The van der Waals surface area contributed by atoms with Crippen LogP contribution < -0.4 is 10.6 Å². The summed E-state index contributed by atoms with van der Waals surface area (Å²) in [5, 5.41) is 5.70. The van der Waals surface area contributed by atoms with E-state index in [1.165, 1.54) is 11.1 Å². The number of ether oxygens (including phenoxy) is 1. The molecule has 2 aliphatic rings. The Morgan fingerprint density at radius 2 is 2.09 bits per heavy atom. The minimum Gasteiger partial charge on any atom is -0.373 e. The van der Waals surface area contributed by atoms with Gasteiger partial charge in [0.1, 0.15) is 6.04 Å². The lowest BCUT2D eigenvalue weighted by Gasteiger charge is -2.32. The Hall–Kier alpha value is -1.88. The molecule has 2 unspecified atom stereocenters. The molecule has 124 valence electrons. The molecule has 3 rings (SSSR count). The van der Waals surface area contributed by atoms with Crippen LogP contribution in [0.3, 0.4) is 0 Å². The van der Waals surface area contributed by atoms with Crippen molar-refractivity contribution in [2.24, 2.45) is 5.92 Å². The van der Waals surface area contributed by atoms with Crippen LogP contribution in [0.2, 0.25) is 0 Å². The van der Waals surface area contributed by atoms with Gasteiger partial charge < -0.3 is 15.4 Å². The lowest BCUT2D eigenvalue weighted by Crippen LogP contribution is -2.44. The van der Waals surface area contributed by atoms with E-state index in [0.717, 1.165) is 19.4 Å². The molecule has 0 spiro atoms. The zero-order valence-corrected chi connectivity index (χ0v) is 13.5. The van der Waals surface area contributed by atoms with E-state index in [1.54, 1.807) is 0 Å². The van der Waals surface area contributed by atoms with Crippen LogP contribution in [0, 0.1) is 12.8 Å². The maximum Gasteiger partial charge on any atom is 0.242 e. The smallest absolute Gasteiger partial charge is 0.242 e. The molecule has 0 aromatic heterocycles. The molecule has 2 amide bonds. The second kappa shape index (κ2) is 7.13. The second-order valence-corrected chi connectivity index (χ2v) is 6.51. The fourth-order valence-corrected chi connectivity index (χ4v) is 3.34. The van der Waals surface area contributed by atoms with Crippen molar-refractivity contribution in [3.63, 3.8) is 0 Å². The Bertz CT molecular complexity index is 570. The molecule has 0 aliphatic carbocycles. The van der Waals surface area contributed by atoms with Crippen LogP contribution in [0.1, 0.15) is 42.9 Å². The molecule has 1 aromatic carbocycles. The number of hydrogen-bond donors (Lipinski definition) is 2. The van der Waals surface area contributed by atoms with Gasteiger partial charge in [0.15, 0.2) is 0 Å². The van der Waals surface area contributed by atoms with Crippen molar-refractivity contribution < 1.29 is 14.3 Å². The number of amides is 2. The summed E-state index contributed by atoms with van der Waals surface area (Å²) in [5.41, 5.74) is 2.40. The number of carbonyl (C=O) groups excluding carboxylic acids is 2. The van der Waals surface area contributed by atoms with Gasteiger partial charge in [-0.15, -0.1) is 0 Å². The summed E-state index contributed by atoms with van der Waals surface area (Å²) in [4.78, 5) is 23.4. The second-order valence-electron chi connectivity index (χ2n) is 6.51. The first-order chi connectivity index (χ1) is 11.1. The molecule has 0 bridgehead atoms. The van der Waals surface area contributed by atoms with Gasteiger partial charge in [0.25, 0.3) is 0 Å². The quantitative estimate of drug-likeness (QED) is 0.891. The van der Waals surface area contributed by atoms with E-state index in [4.69, 9.17) is 4.74 Å². The average Bonchev–Trinajstić information content (AvgIpc) is 3.00. The molecule has 2 N–H and O–H groups in total. The summed E-state index contributed by atoms with van der Waals surface area (Å²) in [5.74, 6) is 0.153. The molecular weight excluding hydrogens is 292 g/mol. The molecule has 5 heteroatoms. The standard InChI is InChI=1S/C18H24N2O3/c1-12-4-6-13(7-5-12)17-14(3-2-10-23-17)11-19-18(22)15-8-9-16(21)20-15/h4-7,14-15,17H,2-3,8-11H2,1H3,(H,19,22)(H,20,21)/t14?,15-,17?/m1/s1. The first kappa shape index (κ1) is 16.0. The normalized spacial score (nSPS) is 27.5. The molecule has 0 radical (unpaired) electrons. The number of carbonyl (C=O) groups is 2. The number of aryl methyl sites for hydroxylation is 1. The fourth-order valence-electron chi connectivity index (χ4n) is 3.34. The predicted octanol–water partition coefficient (Wildman–Crippen LogP) is 1.86. The third-order valence-electron chi connectivity index (χ3n) is 4.70. The number of rotatable bonds is 4. The first-order valence-electron chi connectivity index (χ1n) is 8.39. The van der Waals surface area contributed by atoms with Crippen LogP contribution >= 0.6 is 0 Å². The number of hydrogen-bond acceptors (Lipinski definition) is 3. The molecule has 0 saturated carbocycles. The lowest BCUT2D eigenvalue weighted by atomic mass is 9.89. The third-order valence-corrected chi connectivity index (χ3v) is 4.70. The topological polar surface area (TPSA) is 67.4 Å². The molecule has 2 saturated heterocycles. The van der Waals surface area contributed by atoms with E-state index in [0.29, 0.717) is 19.4 Å². The molecule has 3 atom stereocenters. The molecule has 2 heterocycles. The van der Waals surface area contributed by atoms with Crippen molar-refractivity contribution in [3.05, 3.63) is 35.4 Å². The maximum atomic E-state index is 12.2. The van der Waals surface area contributed by atoms with Crippen molar-refractivity contribution in [1.29, 1.82) is 0 Å². The highest BCUT2D eigenvalue weighted by Crippen LogP contribution is 2.33.